The van der Waals surface area contributed by atoms with E-state index >= 15 is 0 Å². The molecule has 0 aliphatic rings. The third kappa shape index (κ3) is 4.07. The quantitative estimate of drug-likeness (QED) is 0.380. The number of esters is 2. The van der Waals surface area contributed by atoms with E-state index < -0.39 is 30.4 Å². The van der Waals surface area contributed by atoms with Gasteiger partial charge in [0, 0.05) is 5.69 Å². The Hall–Kier alpha value is -2.41. The lowest BCUT2D eigenvalue weighted by Gasteiger charge is -2.13. The first-order chi connectivity index (χ1) is 8.95. The molecule has 7 heteroatoms. The highest BCUT2D eigenvalue weighted by Gasteiger charge is 2.20. The summed E-state index contributed by atoms with van der Waals surface area (Å²) in [7, 11) is 0. The van der Waals surface area contributed by atoms with Gasteiger partial charge in [0.15, 0.2) is 0 Å². The summed E-state index contributed by atoms with van der Waals surface area (Å²) in [6.07, 6.45) is 0. The molecule has 5 N–H and O–H groups in total. The Morgan fingerprint density at radius 3 is 2.53 bits per heavy atom. The molecule has 19 heavy (non-hydrogen) atoms. The van der Waals surface area contributed by atoms with Crippen molar-refractivity contribution in [3.63, 3.8) is 0 Å². The first-order valence-corrected chi connectivity index (χ1v) is 5.55. The second kappa shape index (κ2) is 6.50. The third-order valence-corrected chi connectivity index (χ3v) is 2.29. The van der Waals surface area contributed by atoms with Gasteiger partial charge in [0.25, 0.3) is 5.91 Å². The second-order valence-corrected chi connectivity index (χ2v) is 3.78. The van der Waals surface area contributed by atoms with E-state index in [9.17, 15) is 14.4 Å². The van der Waals surface area contributed by atoms with Crippen molar-refractivity contribution in [1.82, 2.24) is 5.32 Å². The van der Waals surface area contributed by atoms with E-state index in [2.05, 4.69) is 10.1 Å². The lowest BCUT2D eigenvalue weighted by molar-refractivity contribution is -0.159. The van der Waals surface area contributed by atoms with E-state index in [1.807, 2.05) is 0 Å². The molecule has 0 saturated carbocycles. The zero-order valence-corrected chi connectivity index (χ0v) is 10.4. The van der Waals surface area contributed by atoms with Crippen molar-refractivity contribution >= 4 is 23.5 Å². The van der Waals surface area contributed by atoms with E-state index in [1.54, 1.807) is 18.2 Å². The number of ether oxygens (including phenoxy) is 1. The lowest BCUT2D eigenvalue weighted by Crippen LogP contribution is -2.41. The van der Waals surface area contributed by atoms with Gasteiger partial charge < -0.3 is 21.5 Å². The minimum atomic E-state index is -0.984. The fraction of sp³-hybridized carbons (Fsp3) is 0.250. The molecule has 0 heterocycles. The number of hydrogen-bond donors (Lipinski definition) is 3. The van der Waals surface area contributed by atoms with Crippen LogP contribution in [0.15, 0.2) is 24.3 Å². The molecule has 0 aliphatic heterocycles. The van der Waals surface area contributed by atoms with Crippen LogP contribution in [-0.4, -0.2) is 30.4 Å². The SMILES string of the molecule is C[C@H](NC(=O)c1ccccc1N)C(=O)OC(=O)CN. The van der Waals surface area contributed by atoms with Gasteiger partial charge in [-0.3, -0.25) is 9.59 Å². The van der Waals surface area contributed by atoms with Gasteiger partial charge in [0.1, 0.15) is 6.04 Å². The summed E-state index contributed by atoms with van der Waals surface area (Å²) in [5.74, 6) is -2.26. The normalized spacial score (nSPS) is 11.5. The van der Waals surface area contributed by atoms with Gasteiger partial charge in [-0.2, -0.15) is 0 Å². The average Bonchev–Trinajstić information content (AvgIpc) is 2.38. The first kappa shape index (κ1) is 14.7. The average molecular weight is 265 g/mol. The number of nitrogens with two attached hydrogens (primary N) is 2. The van der Waals surface area contributed by atoms with Crippen LogP contribution in [0.1, 0.15) is 17.3 Å². The number of hydrogen-bond acceptors (Lipinski definition) is 6. The molecular formula is C12H15N3O4. The number of anilines is 1. The molecule has 1 amide bonds. The van der Waals surface area contributed by atoms with Crippen molar-refractivity contribution < 1.29 is 19.1 Å². The number of para-hydroxylation sites is 1. The maximum Gasteiger partial charge on any atom is 0.336 e. The molecule has 7 nitrogen and oxygen atoms in total. The van der Waals surface area contributed by atoms with Crippen LogP contribution in [0, 0.1) is 0 Å². The number of carbonyl (C=O) groups is 3. The van der Waals surface area contributed by atoms with E-state index in [1.165, 1.54) is 13.0 Å². The number of benzene rings is 1. The van der Waals surface area contributed by atoms with Crippen LogP contribution >= 0.6 is 0 Å². The number of carbonyl (C=O) groups excluding carboxylic acids is 3. The van der Waals surface area contributed by atoms with Crippen LogP contribution in [-0.2, 0) is 14.3 Å². The molecule has 0 spiro atoms. The molecule has 0 bridgehead atoms. The second-order valence-electron chi connectivity index (χ2n) is 3.78. The zero-order valence-electron chi connectivity index (χ0n) is 10.4. The standard InChI is InChI=1S/C12H15N3O4/c1-7(12(18)19-10(16)6-13)15-11(17)8-4-2-3-5-9(8)14/h2-5,7H,6,13-14H2,1H3,(H,15,17)/t7-/m0/s1. The summed E-state index contributed by atoms with van der Waals surface area (Å²) >= 11 is 0. The molecule has 0 saturated heterocycles. The van der Waals surface area contributed by atoms with Gasteiger partial charge >= 0.3 is 11.9 Å². The van der Waals surface area contributed by atoms with Gasteiger partial charge in [-0.15, -0.1) is 0 Å². The van der Waals surface area contributed by atoms with Crippen LogP contribution < -0.4 is 16.8 Å². The topological polar surface area (TPSA) is 125 Å². The monoisotopic (exact) mass is 265 g/mol. The summed E-state index contributed by atoms with van der Waals surface area (Å²) in [6, 6.07) is 5.43. The van der Waals surface area contributed by atoms with Crippen molar-refractivity contribution in [2.75, 3.05) is 12.3 Å². The Morgan fingerprint density at radius 2 is 1.95 bits per heavy atom. The minimum absolute atomic E-state index is 0.243. The van der Waals surface area contributed by atoms with Crippen molar-refractivity contribution in [2.24, 2.45) is 5.73 Å². The van der Waals surface area contributed by atoms with Crippen LogP contribution in [0.3, 0.4) is 0 Å². The molecule has 1 aromatic rings. The number of nitrogen functional groups attached to an aromatic ring is 1. The van der Waals surface area contributed by atoms with Crippen LogP contribution in [0.2, 0.25) is 0 Å². The van der Waals surface area contributed by atoms with Crippen molar-refractivity contribution in [2.45, 2.75) is 13.0 Å². The highest BCUT2D eigenvalue weighted by atomic mass is 16.6. The van der Waals surface area contributed by atoms with Crippen molar-refractivity contribution in [1.29, 1.82) is 0 Å². The summed E-state index contributed by atoms with van der Waals surface area (Å²) in [5.41, 5.74) is 11.2. The van der Waals surface area contributed by atoms with Crippen molar-refractivity contribution in [3.8, 4) is 0 Å². The third-order valence-electron chi connectivity index (χ3n) is 2.29. The Labute approximate surface area is 109 Å². The maximum absolute atomic E-state index is 11.8. The molecule has 0 aliphatic carbocycles. The number of nitrogens with one attached hydrogen (secondary N) is 1. The summed E-state index contributed by atoms with van der Waals surface area (Å²) in [4.78, 5) is 34.1. The fourth-order valence-electron chi connectivity index (χ4n) is 1.28. The zero-order chi connectivity index (χ0) is 14.4. The number of amides is 1. The predicted octanol–water partition coefficient (Wildman–Crippen LogP) is -0.584. The van der Waals surface area contributed by atoms with Gasteiger partial charge in [0.05, 0.1) is 12.1 Å². The van der Waals surface area contributed by atoms with E-state index in [-0.39, 0.29) is 5.56 Å². The minimum Gasteiger partial charge on any atom is -0.398 e. The van der Waals surface area contributed by atoms with E-state index in [0.29, 0.717) is 5.69 Å². The predicted molar refractivity (Wildman–Crippen MR) is 67.9 cm³/mol. The van der Waals surface area contributed by atoms with Crippen molar-refractivity contribution in [3.05, 3.63) is 29.8 Å². The molecule has 0 unspecified atom stereocenters. The largest absolute Gasteiger partial charge is 0.398 e. The summed E-state index contributed by atoms with van der Waals surface area (Å²) in [5, 5.41) is 2.38. The van der Waals surface area contributed by atoms with E-state index in [4.69, 9.17) is 11.5 Å². The van der Waals surface area contributed by atoms with Crippen LogP contribution in [0.5, 0.6) is 0 Å². The van der Waals surface area contributed by atoms with Gasteiger partial charge in [-0.1, -0.05) is 12.1 Å². The molecule has 0 radical (unpaired) electrons. The Kier molecular flexibility index (Phi) is 5.01. The molecule has 1 aromatic carbocycles. The van der Waals surface area contributed by atoms with Gasteiger partial charge in [-0.25, -0.2) is 4.79 Å². The van der Waals surface area contributed by atoms with E-state index in [0.717, 1.165) is 0 Å². The van der Waals surface area contributed by atoms with Crippen LogP contribution in [0.25, 0.3) is 0 Å². The Bertz CT molecular complexity index is 502. The highest BCUT2D eigenvalue weighted by Crippen LogP contribution is 2.10. The lowest BCUT2D eigenvalue weighted by atomic mass is 10.1. The molecule has 0 fully saturated rings. The molecule has 0 aromatic heterocycles. The highest BCUT2D eigenvalue weighted by molar-refractivity contribution is 6.01. The molecular weight excluding hydrogens is 250 g/mol. The number of rotatable bonds is 4. The molecule has 102 valence electrons. The molecule has 1 rings (SSSR count). The summed E-state index contributed by atoms with van der Waals surface area (Å²) < 4.78 is 4.38. The van der Waals surface area contributed by atoms with Crippen LogP contribution in [0.4, 0.5) is 5.69 Å². The molecule has 1 atom stereocenters. The Balaban J connectivity index is 2.64. The van der Waals surface area contributed by atoms with Gasteiger partial charge in [0.2, 0.25) is 0 Å². The Morgan fingerprint density at radius 1 is 1.32 bits per heavy atom. The first-order valence-electron chi connectivity index (χ1n) is 5.55. The summed E-state index contributed by atoms with van der Waals surface area (Å²) in [6.45, 7) is 0.987. The maximum atomic E-state index is 11.8. The van der Waals surface area contributed by atoms with Gasteiger partial charge in [-0.05, 0) is 19.1 Å². The smallest absolute Gasteiger partial charge is 0.336 e. The fourth-order valence-corrected chi connectivity index (χ4v) is 1.28.